The van der Waals surface area contributed by atoms with Crippen molar-refractivity contribution in [2.45, 2.75) is 19.4 Å². The van der Waals surface area contributed by atoms with Crippen LogP contribution in [-0.2, 0) is 6.42 Å². The number of halogens is 1. The molecule has 0 spiro atoms. The number of furan rings is 1. The molecule has 0 fully saturated rings. The van der Waals surface area contributed by atoms with E-state index < -0.39 is 0 Å². The van der Waals surface area contributed by atoms with Crippen molar-refractivity contribution in [1.82, 2.24) is 0 Å². The van der Waals surface area contributed by atoms with Crippen LogP contribution in [0.3, 0.4) is 0 Å². The highest BCUT2D eigenvalue weighted by Gasteiger charge is 2.02. The summed E-state index contributed by atoms with van der Waals surface area (Å²) in [5, 5.41) is 8.94. The topological polar surface area (TPSA) is 33.4 Å². The minimum Gasteiger partial charge on any atom is -0.468 e. The fraction of sp³-hybridized carbons (Fsp3) is 0.429. The van der Waals surface area contributed by atoms with Crippen molar-refractivity contribution < 1.29 is 9.52 Å². The van der Waals surface area contributed by atoms with Crippen LogP contribution in [0.5, 0.6) is 0 Å². The summed E-state index contributed by atoms with van der Waals surface area (Å²) in [4.78, 5) is 0. The molecular weight excluding hydrogens is 196 g/mol. The van der Waals surface area contributed by atoms with E-state index in [2.05, 4.69) is 15.9 Å². The van der Waals surface area contributed by atoms with Gasteiger partial charge in [0.05, 0.1) is 10.6 Å². The smallest absolute Gasteiger partial charge is 0.107 e. The van der Waals surface area contributed by atoms with Gasteiger partial charge in [-0.2, -0.15) is 0 Å². The van der Waals surface area contributed by atoms with Crippen molar-refractivity contribution in [3.05, 3.63) is 22.6 Å². The summed E-state index contributed by atoms with van der Waals surface area (Å²) in [5.74, 6) is 0.807. The molecule has 56 valence electrons. The highest BCUT2D eigenvalue weighted by atomic mass is 79.9. The Balaban J connectivity index is 2.58. The number of hydrogen-bond acceptors (Lipinski definition) is 2. The molecule has 10 heavy (non-hydrogen) atoms. The van der Waals surface area contributed by atoms with E-state index in [9.17, 15) is 0 Å². The molecule has 1 aromatic heterocycles. The highest BCUT2D eigenvalue weighted by molar-refractivity contribution is 9.10. The van der Waals surface area contributed by atoms with Crippen molar-refractivity contribution in [2.75, 3.05) is 0 Å². The quantitative estimate of drug-likeness (QED) is 0.800. The molecule has 0 bridgehead atoms. The fourth-order valence-corrected chi connectivity index (χ4v) is 1.10. The average molecular weight is 205 g/mol. The third-order valence-electron chi connectivity index (χ3n) is 1.12. The van der Waals surface area contributed by atoms with Gasteiger partial charge in [-0.1, -0.05) is 0 Å². The summed E-state index contributed by atoms with van der Waals surface area (Å²) in [5.41, 5.74) is 0. The Hall–Kier alpha value is -0.280. The number of rotatable bonds is 2. The van der Waals surface area contributed by atoms with Crippen LogP contribution in [0.4, 0.5) is 0 Å². The monoisotopic (exact) mass is 204 g/mol. The predicted octanol–water partition coefficient (Wildman–Crippen LogP) is 1.97. The van der Waals surface area contributed by atoms with E-state index in [1.165, 1.54) is 0 Å². The first kappa shape index (κ1) is 7.82. The normalized spacial score (nSPS) is 13.5. The van der Waals surface area contributed by atoms with E-state index in [1.54, 1.807) is 13.2 Å². The molecule has 0 saturated heterocycles. The molecule has 1 N–H and O–H groups in total. The van der Waals surface area contributed by atoms with Gasteiger partial charge in [0.15, 0.2) is 0 Å². The third kappa shape index (κ3) is 2.15. The molecule has 0 radical (unpaired) electrons. The summed E-state index contributed by atoms with van der Waals surface area (Å²) in [6, 6.07) is 1.85. The molecule has 0 aliphatic carbocycles. The van der Waals surface area contributed by atoms with E-state index in [0.29, 0.717) is 6.42 Å². The van der Waals surface area contributed by atoms with Crippen LogP contribution < -0.4 is 0 Å². The SMILES string of the molecule is C[C@@H](O)Cc1cc(Br)co1. The predicted molar refractivity (Wildman–Crippen MR) is 41.8 cm³/mol. The zero-order valence-corrected chi connectivity index (χ0v) is 7.26. The van der Waals surface area contributed by atoms with Crippen molar-refractivity contribution in [2.24, 2.45) is 0 Å². The van der Waals surface area contributed by atoms with Gasteiger partial charge in [-0.25, -0.2) is 0 Å². The van der Waals surface area contributed by atoms with Gasteiger partial charge in [-0.15, -0.1) is 0 Å². The molecule has 1 atom stereocenters. The lowest BCUT2D eigenvalue weighted by atomic mass is 10.2. The Labute approximate surface area is 68.0 Å². The molecule has 0 saturated carbocycles. The van der Waals surface area contributed by atoms with Crippen LogP contribution in [0.2, 0.25) is 0 Å². The largest absolute Gasteiger partial charge is 0.468 e. The Morgan fingerprint density at radius 2 is 2.50 bits per heavy atom. The van der Waals surface area contributed by atoms with E-state index >= 15 is 0 Å². The van der Waals surface area contributed by atoms with Crippen LogP contribution in [0.25, 0.3) is 0 Å². The second-order valence-corrected chi connectivity index (χ2v) is 3.20. The molecule has 2 nitrogen and oxygen atoms in total. The van der Waals surface area contributed by atoms with Crippen molar-refractivity contribution in [3.8, 4) is 0 Å². The number of hydrogen-bond donors (Lipinski definition) is 1. The zero-order chi connectivity index (χ0) is 7.56. The molecule has 0 aromatic carbocycles. The van der Waals surface area contributed by atoms with Gasteiger partial charge in [0.2, 0.25) is 0 Å². The van der Waals surface area contributed by atoms with Gasteiger partial charge >= 0.3 is 0 Å². The number of aliphatic hydroxyl groups excluding tert-OH is 1. The molecule has 1 aromatic rings. The first-order chi connectivity index (χ1) is 4.68. The molecule has 3 heteroatoms. The molecule has 1 rings (SSSR count). The summed E-state index contributed by atoms with van der Waals surface area (Å²) in [6.07, 6.45) is 1.85. The zero-order valence-electron chi connectivity index (χ0n) is 5.67. The third-order valence-corrected chi connectivity index (χ3v) is 1.53. The standard InChI is InChI=1S/C7H9BrO2/c1-5(9)2-7-3-6(8)4-10-7/h3-5,9H,2H2,1H3/t5-/m1/s1. The average Bonchev–Trinajstić information content (AvgIpc) is 2.13. The molecule has 0 unspecified atom stereocenters. The minimum atomic E-state index is -0.335. The van der Waals surface area contributed by atoms with Crippen LogP contribution >= 0.6 is 15.9 Å². The lowest BCUT2D eigenvalue weighted by Gasteiger charge is -1.97. The lowest BCUT2D eigenvalue weighted by Crippen LogP contribution is -2.02. The maximum absolute atomic E-state index is 8.94. The van der Waals surface area contributed by atoms with E-state index in [1.807, 2.05) is 6.07 Å². The molecule has 0 aliphatic rings. The summed E-state index contributed by atoms with van der Waals surface area (Å²) >= 11 is 3.25. The highest BCUT2D eigenvalue weighted by Crippen LogP contribution is 2.14. The second kappa shape index (κ2) is 3.21. The Morgan fingerprint density at radius 1 is 1.80 bits per heavy atom. The Morgan fingerprint density at radius 3 is 2.90 bits per heavy atom. The van der Waals surface area contributed by atoms with Gasteiger partial charge in [0, 0.05) is 6.42 Å². The van der Waals surface area contributed by atoms with Crippen LogP contribution in [0.1, 0.15) is 12.7 Å². The van der Waals surface area contributed by atoms with Gasteiger partial charge in [0.1, 0.15) is 12.0 Å². The van der Waals surface area contributed by atoms with Crippen LogP contribution in [0, 0.1) is 0 Å². The summed E-state index contributed by atoms with van der Waals surface area (Å²) < 4.78 is 5.99. The lowest BCUT2D eigenvalue weighted by molar-refractivity contribution is 0.187. The first-order valence-electron chi connectivity index (χ1n) is 3.09. The van der Waals surface area contributed by atoms with E-state index in [-0.39, 0.29) is 6.10 Å². The summed E-state index contributed by atoms with van der Waals surface area (Å²) in [7, 11) is 0. The molecule has 0 amide bonds. The van der Waals surface area contributed by atoms with Crippen LogP contribution in [-0.4, -0.2) is 11.2 Å². The van der Waals surface area contributed by atoms with Gasteiger partial charge < -0.3 is 9.52 Å². The maximum atomic E-state index is 8.94. The maximum Gasteiger partial charge on any atom is 0.107 e. The molecule has 0 aliphatic heterocycles. The van der Waals surface area contributed by atoms with Gasteiger partial charge in [-0.3, -0.25) is 0 Å². The van der Waals surface area contributed by atoms with E-state index in [0.717, 1.165) is 10.2 Å². The molecular formula is C7H9BrO2. The van der Waals surface area contributed by atoms with Crippen molar-refractivity contribution in [1.29, 1.82) is 0 Å². The summed E-state index contributed by atoms with van der Waals surface area (Å²) in [6.45, 7) is 1.73. The van der Waals surface area contributed by atoms with Crippen molar-refractivity contribution in [3.63, 3.8) is 0 Å². The van der Waals surface area contributed by atoms with Gasteiger partial charge in [-0.05, 0) is 28.9 Å². The Kier molecular flexibility index (Phi) is 2.51. The minimum absolute atomic E-state index is 0.335. The second-order valence-electron chi connectivity index (χ2n) is 2.28. The molecule has 1 heterocycles. The Bertz CT molecular complexity index is 205. The van der Waals surface area contributed by atoms with Gasteiger partial charge in [0.25, 0.3) is 0 Å². The van der Waals surface area contributed by atoms with Crippen LogP contribution in [0.15, 0.2) is 21.2 Å². The number of aliphatic hydroxyl groups is 1. The van der Waals surface area contributed by atoms with Crippen molar-refractivity contribution >= 4 is 15.9 Å². The fourth-order valence-electron chi connectivity index (χ4n) is 0.752. The van der Waals surface area contributed by atoms with E-state index in [4.69, 9.17) is 9.52 Å². The first-order valence-corrected chi connectivity index (χ1v) is 3.89.